The van der Waals surface area contributed by atoms with Gasteiger partial charge in [0, 0.05) is 11.4 Å². The molecule has 0 spiro atoms. The highest BCUT2D eigenvalue weighted by atomic mass is 35.5. The van der Waals surface area contributed by atoms with Crippen LogP contribution in [0.5, 0.6) is 0 Å². The number of nitrogens with two attached hydrogens (primary N) is 2. The van der Waals surface area contributed by atoms with Crippen molar-refractivity contribution in [3.63, 3.8) is 0 Å². The number of amides is 3. The van der Waals surface area contributed by atoms with Crippen LogP contribution in [0.3, 0.4) is 0 Å². The number of halogens is 1. The lowest BCUT2D eigenvalue weighted by Gasteiger charge is -2.15. The van der Waals surface area contributed by atoms with E-state index in [0.717, 1.165) is 0 Å². The number of carbonyl (C=O) groups is 2. The number of nitrogens with one attached hydrogen (secondary N) is 2. The van der Waals surface area contributed by atoms with Crippen molar-refractivity contribution in [2.75, 3.05) is 10.6 Å². The third-order valence-electron chi connectivity index (χ3n) is 2.44. The summed E-state index contributed by atoms with van der Waals surface area (Å²) in [5.74, 6) is -0.165. The van der Waals surface area contributed by atoms with Crippen LogP contribution in [0.25, 0.3) is 0 Å². The van der Waals surface area contributed by atoms with E-state index in [9.17, 15) is 9.59 Å². The van der Waals surface area contributed by atoms with Crippen LogP contribution in [0.4, 0.5) is 16.2 Å². The molecule has 0 radical (unpaired) electrons. The van der Waals surface area contributed by atoms with Crippen molar-refractivity contribution < 1.29 is 9.59 Å². The van der Waals surface area contributed by atoms with Gasteiger partial charge >= 0.3 is 6.03 Å². The molecule has 0 fully saturated rings. The van der Waals surface area contributed by atoms with Crippen LogP contribution in [0, 0.1) is 5.92 Å². The molecule has 0 aliphatic heterocycles. The Labute approximate surface area is 118 Å². The second-order valence-electron chi connectivity index (χ2n) is 4.33. The molecule has 19 heavy (non-hydrogen) atoms. The van der Waals surface area contributed by atoms with Gasteiger partial charge in [0.2, 0.25) is 5.91 Å². The number of rotatable bonds is 4. The van der Waals surface area contributed by atoms with Gasteiger partial charge in [0.25, 0.3) is 0 Å². The summed E-state index contributed by atoms with van der Waals surface area (Å²) in [6, 6.07) is 5.43. The molecule has 0 saturated carbocycles. The molecule has 0 aliphatic carbocycles. The number of carbonyl (C=O) groups excluding carboxylic acids is 2. The zero-order chi connectivity index (χ0) is 13.7. The van der Waals surface area contributed by atoms with Crippen LogP contribution in [0.2, 0.25) is 0 Å². The normalized spacial score (nSPS) is 11.4. The molecule has 0 heterocycles. The van der Waals surface area contributed by atoms with E-state index in [1.165, 1.54) is 0 Å². The second kappa shape index (κ2) is 7.60. The molecule has 3 amide bonds. The predicted molar refractivity (Wildman–Crippen MR) is 78.3 cm³/mol. The van der Waals surface area contributed by atoms with Crippen LogP contribution in [0.15, 0.2) is 24.3 Å². The number of anilines is 2. The minimum atomic E-state index is -0.631. The fraction of sp³-hybridized carbons (Fsp3) is 0.333. The van der Waals surface area contributed by atoms with Gasteiger partial charge in [0.15, 0.2) is 0 Å². The number of hydrogen-bond acceptors (Lipinski definition) is 3. The minimum Gasteiger partial charge on any atom is -0.351 e. The summed E-state index contributed by atoms with van der Waals surface area (Å²) in [6.07, 6.45) is 0. The molecule has 0 unspecified atom stereocenters. The first kappa shape index (κ1) is 17.2. The van der Waals surface area contributed by atoms with E-state index >= 15 is 0 Å². The van der Waals surface area contributed by atoms with Crippen molar-refractivity contribution in [3.05, 3.63) is 24.3 Å². The number of benzene rings is 1. The minimum absolute atomic E-state index is 0. The summed E-state index contributed by atoms with van der Waals surface area (Å²) in [7, 11) is 0. The summed E-state index contributed by atoms with van der Waals surface area (Å²) >= 11 is 0. The molecule has 0 bridgehead atoms. The van der Waals surface area contributed by atoms with E-state index in [-0.39, 0.29) is 24.2 Å². The van der Waals surface area contributed by atoms with Gasteiger partial charge in [-0.3, -0.25) is 4.79 Å². The molecule has 1 aromatic rings. The van der Waals surface area contributed by atoms with Crippen LogP contribution < -0.4 is 22.1 Å². The standard InChI is InChI=1S/C12H18N4O2.ClH/c1-7(2)10(13)11(17)15-8-3-5-9(6-4-8)16-12(14)18;/h3-7,10H,13H2,1-2H3,(H,15,17)(H3,14,16,18);1H/t10-;/m1./s1. The Balaban J connectivity index is 0.00000324. The van der Waals surface area contributed by atoms with E-state index in [4.69, 9.17) is 11.5 Å². The Morgan fingerprint density at radius 2 is 1.47 bits per heavy atom. The summed E-state index contributed by atoms with van der Waals surface area (Å²) in [4.78, 5) is 22.3. The molecule has 106 valence electrons. The molecule has 1 rings (SSSR count). The lowest BCUT2D eigenvalue weighted by Crippen LogP contribution is -2.39. The van der Waals surface area contributed by atoms with Crippen molar-refractivity contribution >= 4 is 35.7 Å². The lowest BCUT2D eigenvalue weighted by atomic mass is 10.0. The smallest absolute Gasteiger partial charge is 0.316 e. The summed E-state index contributed by atoms with van der Waals surface area (Å²) in [5, 5.41) is 5.12. The molecule has 6 nitrogen and oxygen atoms in total. The van der Waals surface area contributed by atoms with Crippen LogP contribution in [-0.2, 0) is 4.79 Å². The fourth-order valence-electron chi connectivity index (χ4n) is 1.31. The van der Waals surface area contributed by atoms with E-state index in [0.29, 0.717) is 11.4 Å². The highest BCUT2D eigenvalue weighted by Gasteiger charge is 2.16. The van der Waals surface area contributed by atoms with Gasteiger partial charge in [0.1, 0.15) is 0 Å². The summed E-state index contributed by atoms with van der Waals surface area (Å²) in [6.45, 7) is 3.76. The van der Waals surface area contributed by atoms with Gasteiger partial charge in [-0.25, -0.2) is 4.79 Å². The molecule has 1 atom stereocenters. The Bertz CT molecular complexity index is 434. The van der Waals surface area contributed by atoms with Gasteiger partial charge < -0.3 is 22.1 Å². The van der Waals surface area contributed by atoms with Crippen molar-refractivity contribution in [3.8, 4) is 0 Å². The van der Waals surface area contributed by atoms with Crippen molar-refractivity contribution in [1.82, 2.24) is 0 Å². The quantitative estimate of drug-likeness (QED) is 0.673. The highest BCUT2D eigenvalue weighted by molar-refractivity contribution is 5.95. The van der Waals surface area contributed by atoms with E-state index in [1.807, 2.05) is 13.8 Å². The number of urea groups is 1. The first-order chi connectivity index (χ1) is 8.40. The average molecular weight is 287 g/mol. The maximum atomic E-state index is 11.7. The Morgan fingerprint density at radius 1 is 1.05 bits per heavy atom. The molecule has 6 N–H and O–H groups in total. The van der Waals surface area contributed by atoms with E-state index < -0.39 is 12.1 Å². The topological polar surface area (TPSA) is 110 Å². The van der Waals surface area contributed by atoms with Gasteiger partial charge in [0.05, 0.1) is 6.04 Å². The largest absolute Gasteiger partial charge is 0.351 e. The second-order valence-corrected chi connectivity index (χ2v) is 4.33. The van der Waals surface area contributed by atoms with Gasteiger partial charge in [-0.15, -0.1) is 12.4 Å². The van der Waals surface area contributed by atoms with E-state index in [1.54, 1.807) is 24.3 Å². The van der Waals surface area contributed by atoms with Crippen LogP contribution in [-0.4, -0.2) is 18.0 Å². The molecule has 7 heteroatoms. The molecule has 1 aromatic carbocycles. The van der Waals surface area contributed by atoms with Crippen LogP contribution in [0.1, 0.15) is 13.8 Å². The van der Waals surface area contributed by atoms with Gasteiger partial charge in [-0.1, -0.05) is 13.8 Å². The molecule has 0 saturated heterocycles. The highest BCUT2D eigenvalue weighted by Crippen LogP contribution is 2.14. The third kappa shape index (κ3) is 5.58. The van der Waals surface area contributed by atoms with Gasteiger partial charge in [-0.05, 0) is 30.2 Å². The molecule has 0 aromatic heterocycles. The van der Waals surface area contributed by atoms with Crippen molar-refractivity contribution in [2.24, 2.45) is 17.4 Å². The number of hydrogen-bond donors (Lipinski definition) is 4. The zero-order valence-corrected chi connectivity index (χ0v) is 11.7. The van der Waals surface area contributed by atoms with Gasteiger partial charge in [-0.2, -0.15) is 0 Å². The Hall–Kier alpha value is -1.79. The molecule has 0 aliphatic rings. The third-order valence-corrected chi connectivity index (χ3v) is 2.44. The SMILES string of the molecule is CC(C)[C@@H](N)C(=O)Nc1ccc(NC(N)=O)cc1.Cl. The van der Waals surface area contributed by atoms with Crippen LogP contribution >= 0.6 is 12.4 Å². The summed E-state index contributed by atoms with van der Waals surface area (Å²) < 4.78 is 0. The first-order valence-corrected chi connectivity index (χ1v) is 5.63. The Morgan fingerprint density at radius 3 is 1.84 bits per heavy atom. The fourth-order valence-corrected chi connectivity index (χ4v) is 1.31. The monoisotopic (exact) mass is 286 g/mol. The zero-order valence-electron chi connectivity index (χ0n) is 10.8. The molecular formula is C12H19ClN4O2. The number of primary amides is 1. The first-order valence-electron chi connectivity index (χ1n) is 5.63. The predicted octanol–water partition coefficient (Wildman–Crippen LogP) is 1.52. The maximum Gasteiger partial charge on any atom is 0.316 e. The van der Waals surface area contributed by atoms with Crippen molar-refractivity contribution in [1.29, 1.82) is 0 Å². The van der Waals surface area contributed by atoms with Crippen molar-refractivity contribution in [2.45, 2.75) is 19.9 Å². The summed E-state index contributed by atoms with van der Waals surface area (Å²) in [5.41, 5.74) is 11.9. The lowest BCUT2D eigenvalue weighted by molar-refractivity contribution is -0.118. The van der Waals surface area contributed by atoms with E-state index in [2.05, 4.69) is 10.6 Å². The maximum absolute atomic E-state index is 11.7. The molecular weight excluding hydrogens is 268 g/mol. The average Bonchev–Trinajstić information content (AvgIpc) is 2.29. The Kier molecular flexibility index (Phi) is 6.89.